The van der Waals surface area contributed by atoms with E-state index in [1.807, 2.05) is 0 Å². The maximum absolute atomic E-state index is 13.2. The molecule has 3 nitrogen and oxygen atoms in total. The Kier molecular flexibility index (Phi) is 2.60. The van der Waals surface area contributed by atoms with Crippen molar-refractivity contribution in [3.63, 3.8) is 0 Å². The van der Waals surface area contributed by atoms with Gasteiger partial charge in [0.25, 0.3) is 0 Å². The topological polar surface area (TPSA) is 42.9 Å². The predicted octanol–water partition coefficient (Wildman–Crippen LogP) is 3.31. The third-order valence-electron chi connectivity index (χ3n) is 2.61. The standard InChI is InChI=1S/C13H7FN2OS/c14-10-3-1-2-8(4-10)11-13-12(16-7-15-11)9(5-17)6-18-13/h1-7H. The van der Waals surface area contributed by atoms with E-state index in [1.165, 1.54) is 29.8 Å². The smallest absolute Gasteiger partial charge is 0.153 e. The lowest BCUT2D eigenvalue weighted by molar-refractivity contribution is 0.112. The molecular weight excluding hydrogens is 251 g/mol. The van der Waals surface area contributed by atoms with E-state index in [1.54, 1.807) is 17.5 Å². The lowest BCUT2D eigenvalue weighted by Gasteiger charge is -2.01. The van der Waals surface area contributed by atoms with Gasteiger partial charge in [0.2, 0.25) is 0 Å². The zero-order chi connectivity index (χ0) is 12.5. The Morgan fingerprint density at radius 1 is 1.28 bits per heavy atom. The second-order valence-corrected chi connectivity index (χ2v) is 4.60. The van der Waals surface area contributed by atoms with Crippen LogP contribution < -0.4 is 0 Å². The van der Waals surface area contributed by atoms with Crippen LogP contribution in [0.2, 0.25) is 0 Å². The monoisotopic (exact) mass is 258 g/mol. The maximum atomic E-state index is 13.2. The summed E-state index contributed by atoms with van der Waals surface area (Å²) in [7, 11) is 0. The molecule has 0 spiro atoms. The van der Waals surface area contributed by atoms with Gasteiger partial charge in [-0.1, -0.05) is 12.1 Å². The summed E-state index contributed by atoms with van der Waals surface area (Å²) in [5.41, 5.74) is 2.48. The van der Waals surface area contributed by atoms with Crippen molar-refractivity contribution >= 4 is 27.8 Å². The van der Waals surface area contributed by atoms with Crippen molar-refractivity contribution < 1.29 is 9.18 Å². The maximum Gasteiger partial charge on any atom is 0.153 e. The third kappa shape index (κ3) is 1.69. The number of aldehydes is 1. The molecule has 0 radical (unpaired) electrons. The molecule has 88 valence electrons. The minimum absolute atomic E-state index is 0.313. The normalized spacial score (nSPS) is 10.7. The Bertz CT molecular complexity index is 739. The summed E-state index contributed by atoms with van der Waals surface area (Å²) in [6.45, 7) is 0. The molecule has 0 amide bonds. The van der Waals surface area contributed by atoms with Gasteiger partial charge in [0.05, 0.1) is 21.5 Å². The summed E-state index contributed by atoms with van der Waals surface area (Å²) in [5, 5.41) is 1.73. The van der Waals surface area contributed by atoms with Crippen LogP contribution in [0, 0.1) is 5.82 Å². The van der Waals surface area contributed by atoms with E-state index >= 15 is 0 Å². The second-order valence-electron chi connectivity index (χ2n) is 3.72. The largest absolute Gasteiger partial charge is 0.298 e. The minimum atomic E-state index is -0.313. The number of thiophene rings is 1. The highest BCUT2D eigenvalue weighted by Crippen LogP contribution is 2.31. The van der Waals surface area contributed by atoms with Gasteiger partial charge in [-0.2, -0.15) is 0 Å². The van der Waals surface area contributed by atoms with Gasteiger partial charge < -0.3 is 0 Å². The quantitative estimate of drug-likeness (QED) is 0.662. The molecular formula is C13H7FN2OS. The summed E-state index contributed by atoms with van der Waals surface area (Å²) in [4.78, 5) is 19.1. The van der Waals surface area contributed by atoms with Crippen LogP contribution in [0.1, 0.15) is 10.4 Å². The Morgan fingerprint density at radius 3 is 2.94 bits per heavy atom. The number of aromatic nitrogens is 2. The van der Waals surface area contributed by atoms with Gasteiger partial charge in [-0.05, 0) is 12.1 Å². The Hall–Kier alpha value is -2.14. The Balaban J connectivity index is 2.29. The van der Waals surface area contributed by atoms with Crippen LogP contribution >= 0.6 is 11.3 Å². The van der Waals surface area contributed by atoms with Crippen molar-refractivity contribution in [2.45, 2.75) is 0 Å². The molecule has 0 saturated heterocycles. The molecule has 0 aliphatic carbocycles. The number of halogens is 1. The Labute approximate surface area is 106 Å². The number of benzene rings is 1. The minimum Gasteiger partial charge on any atom is -0.298 e. The summed E-state index contributed by atoms with van der Waals surface area (Å²) in [6, 6.07) is 6.22. The molecule has 3 aromatic rings. The highest BCUT2D eigenvalue weighted by Gasteiger charge is 2.11. The first-order valence-corrected chi connectivity index (χ1v) is 6.11. The number of carbonyl (C=O) groups is 1. The second kappa shape index (κ2) is 4.27. The van der Waals surface area contributed by atoms with Gasteiger partial charge in [-0.3, -0.25) is 4.79 Å². The summed E-state index contributed by atoms with van der Waals surface area (Å²) < 4.78 is 14.0. The van der Waals surface area contributed by atoms with E-state index in [9.17, 15) is 9.18 Å². The molecule has 18 heavy (non-hydrogen) atoms. The van der Waals surface area contributed by atoms with Crippen molar-refractivity contribution in [1.29, 1.82) is 0 Å². The fourth-order valence-corrected chi connectivity index (χ4v) is 2.77. The fraction of sp³-hybridized carbons (Fsp3) is 0. The fourth-order valence-electron chi connectivity index (χ4n) is 1.79. The predicted molar refractivity (Wildman–Crippen MR) is 68.2 cm³/mol. The van der Waals surface area contributed by atoms with Crippen LogP contribution in [0.25, 0.3) is 21.5 Å². The summed E-state index contributed by atoms with van der Waals surface area (Å²) in [5.74, 6) is -0.313. The van der Waals surface area contributed by atoms with Gasteiger partial charge in [0.15, 0.2) is 6.29 Å². The zero-order valence-corrected chi connectivity index (χ0v) is 9.95. The van der Waals surface area contributed by atoms with Gasteiger partial charge in [0.1, 0.15) is 12.1 Å². The molecule has 3 rings (SSSR count). The molecule has 0 aliphatic heterocycles. The molecule has 0 N–H and O–H groups in total. The number of fused-ring (bicyclic) bond motifs is 1. The van der Waals surface area contributed by atoms with Crippen molar-refractivity contribution in [2.75, 3.05) is 0 Å². The van der Waals surface area contributed by atoms with E-state index in [0.29, 0.717) is 22.3 Å². The molecule has 0 aliphatic rings. The third-order valence-corrected chi connectivity index (χ3v) is 3.60. The van der Waals surface area contributed by atoms with Gasteiger partial charge in [0, 0.05) is 10.9 Å². The molecule has 2 aromatic heterocycles. The highest BCUT2D eigenvalue weighted by atomic mass is 32.1. The summed E-state index contributed by atoms with van der Waals surface area (Å²) >= 11 is 1.39. The molecule has 5 heteroatoms. The zero-order valence-electron chi connectivity index (χ0n) is 9.13. The Morgan fingerprint density at radius 2 is 2.17 bits per heavy atom. The van der Waals surface area contributed by atoms with Crippen LogP contribution in [-0.4, -0.2) is 16.3 Å². The number of nitrogens with zero attached hydrogens (tertiary/aromatic N) is 2. The van der Waals surface area contributed by atoms with Gasteiger partial charge >= 0.3 is 0 Å². The number of hydrogen-bond donors (Lipinski definition) is 0. The number of hydrogen-bond acceptors (Lipinski definition) is 4. The first-order valence-electron chi connectivity index (χ1n) is 5.23. The first-order chi connectivity index (χ1) is 8.79. The number of carbonyl (C=O) groups excluding carboxylic acids is 1. The van der Waals surface area contributed by atoms with Crippen molar-refractivity contribution in [3.05, 3.63) is 47.4 Å². The average molecular weight is 258 g/mol. The summed E-state index contributed by atoms with van der Waals surface area (Å²) in [6.07, 6.45) is 2.16. The lowest BCUT2D eigenvalue weighted by Crippen LogP contribution is -1.88. The van der Waals surface area contributed by atoms with E-state index < -0.39 is 0 Å². The molecule has 2 heterocycles. The van der Waals surface area contributed by atoms with Crippen LogP contribution in [0.5, 0.6) is 0 Å². The molecule has 0 atom stereocenters. The van der Waals surface area contributed by atoms with Crippen LogP contribution in [0.3, 0.4) is 0 Å². The SMILES string of the molecule is O=Cc1csc2c(-c3cccc(F)c3)ncnc12. The van der Waals surface area contributed by atoms with Gasteiger partial charge in [-0.15, -0.1) is 11.3 Å². The van der Waals surface area contributed by atoms with Crippen LogP contribution in [-0.2, 0) is 0 Å². The van der Waals surface area contributed by atoms with E-state index in [2.05, 4.69) is 9.97 Å². The van der Waals surface area contributed by atoms with Gasteiger partial charge in [-0.25, -0.2) is 14.4 Å². The molecule has 0 bridgehead atoms. The van der Waals surface area contributed by atoms with Crippen LogP contribution in [0.15, 0.2) is 36.0 Å². The van der Waals surface area contributed by atoms with Crippen molar-refractivity contribution in [1.82, 2.24) is 9.97 Å². The van der Waals surface area contributed by atoms with E-state index in [-0.39, 0.29) is 5.82 Å². The number of rotatable bonds is 2. The van der Waals surface area contributed by atoms with Crippen LogP contribution in [0.4, 0.5) is 4.39 Å². The molecule has 0 saturated carbocycles. The molecule has 0 unspecified atom stereocenters. The average Bonchev–Trinajstić information content (AvgIpc) is 2.81. The van der Waals surface area contributed by atoms with E-state index in [0.717, 1.165) is 11.0 Å². The molecule has 0 fully saturated rings. The molecule has 1 aromatic carbocycles. The van der Waals surface area contributed by atoms with Crippen molar-refractivity contribution in [3.8, 4) is 11.3 Å². The lowest BCUT2D eigenvalue weighted by atomic mass is 10.1. The van der Waals surface area contributed by atoms with Crippen molar-refractivity contribution in [2.24, 2.45) is 0 Å². The first kappa shape index (κ1) is 11.0. The van der Waals surface area contributed by atoms with E-state index in [4.69, 9.17) is 0 Å². The highest BCUT2D eigenvalue weighted by molar-refractivity contribution is 7.18.